The third kappa shape index (κ3) is 23.9. The number of allylic oxidation sites excluding steroid dienone is 1. The molecule has 16 heterocycles. The van der Waals surface area contributed by atoms with Gasteiger partial charge in [0.05, 0.1) is 125 Å². The first-order chi connectivity index (χ1) is 61.6. The Bertz CT molecular complexity index is 6590. The van der Waals surface area contributed by atoms with Crippen LogP contribution in [0, 0.1) is 56.2 Å². The van der Waals surface area contributed by atoms with Crippen molar-refractivity contribution in [3.63, 3.8) is 0 Å². The molecule has 12 aromatic rings. The van der Waals surface area contributed by atoms with E-state index in [-0.39, 0.29) is 117 Å². The van der Waals surface area contributed by atoms with Gasteiger partial charge in [-0.25, -0.2) is 84.1 Å². The van der Waals surface area contributed by atoms with Crippen LogP contribution in [0.3, 0.4) is 0 Å². The predicted molar refractivity (Wildman–Crippen MR) is 471 cm³/mol. The number of nitrogens with one attached hydrogen (secondary N) is 3. The fourth-order valence-electron chi connectivity index (χ4n) is 13.5. The van der Waals surface area contributed by atoms with Gasteiger partial charge >= 0.3 is 28.4 Å². The van der Waals surface area contributed by atoms with Gasteiger partial charge < -0.3 is 29.2 Å². The number of aromatic amines is 3. The average Bonchev–Trinajstić information content (AvgIpc) is 1.69. The summed E-state index contributed by atoms with van der Waals surface area (Å²) < 4.78 is 143. The number of sulfonamides is 4. The van der Waals surface area contributed by atoms with Gasteiger partial charge in [0.2, 0.25) is 40.1 Å². The van der Waals surface area contributed by atoms with Gasteiger partial charge in [-0.05, 0) is 108 Å². The molecule has 48 nitrogen and oxygen atoms in total. The van der Waals surface area contributed by atoms with Gasteiger partial charge in [0.1, 0.15) is 64.5 Å². The van der Waals surface area contributed by atoms with E-state index in [2.05, 4.69) is 103 Å². The number of aromatic nitrogens is 20. The van der Waals surface area contributed by atoms with Crippen LogP contribution in [0.5, 0.6) is 0 Å². The van der Waals surface area contributed by atoms with E-state index in [4.69, 9.17) is 44.2 Å². The molecule has 54 heteroatoms. The number of nitriles is 4. The molecule has 700 valence electrons. The van der Waals surface area contributed by atoms with Crippen molar-refractivity contribution in [2.75, 3.05) is 75.4 Å². The Morgan fingerprint density at radius 1 is 0.504 bits per heavy atom. The highest BCUT2D eigenvalue weighted by Crippen LogP contribution is 2.40. The summed E-state index contributed by atoms with van der Waals surface area (Å²) in [6, 6.07) is 15.9. The third-order valence-corrected chi connectivity index (χ3v) is 28.1. The number of ether oxygens (including phenoxy) is 2. The number of nitrogens with zero attached hydrogens (tertiary/aromatic N) is 25. The van der Waals surface area contributed by atoms with Crippen LogP contribution in [0.15, 0.2) is 136 Å². The minimum absolute atomic E-state index is 0. The molecule has 0 saturated carbocycles. The van der Waals surface area contributed by atoms with Gasteiger partial charge in [-0.15, -0.1) is 0 Å². The van der Waals surface area contributed by atoms with Crippen LogP contribution in [-0.4, -0.2) is 247 Å². The Kier molecular flexibility index (Phi) is 33.6. The van der Waals surface area contributed by atoms with Gasteiger partial charge in [-0.3, -0.25) is 37.9 Å². The number of hydrogen-bond acceptors (Lipinski definition) is 36. The lowest BCUT2D eigenvalue weighted by Crippen LogP contribution is -2.64. The van der Waals surface area contributed by atoms with Crippen molar-refractivity contribution in [2.45, 2.75) is 126 Å². The number of carbonyl (C=O) groups is 2. The van der Waals surface area contributed by atoms with Crippen molar-refractivity contribution in [2.24, 2.45) is 10.8 Å². The zero-order valence-electron chi connectivity index (χ0n) is 71.6. The lowest BCUT2D eigenvalue weighted by Gasteiger charge is -2.47. The second-order valence-corrected chi connectivity index (χ2v) is 41.7. The van der Waals surface area contributed by atoms with E-state index in [0.717, 1.165) is 72.2 Å². The van der Waals surface area contributed by atoms with Crippen LogP contribution in [-0.2, 0) is 108 Å². The van der Waals surface area contributed by atoms with Crippen LogP contribution in [0.4, 0.5) is 0 Å². The normalized spacial score (nSPS) is 15.5. The highest BCUT2D eigenvalue weighted by Gasteiger charge is 2.52. The number of esters is 2. The Morgan fingerprint density at radius 2 is 0.824 bits per heavy atom. The molecule has 0 amide bonds. The summed E-state index contributed by atoms with van der Waals surface area (Å²) in [6.45, 7) is 19.6. The Hall–Kier alpha value is -12.4. The molecule has 12 aromatic heterocycles. The van der Waals surface area contributed by atoms with Crippen molar-refractivity contribution in [3.05, 3.63) is 136 Å². The molecule has 131 heavy (non-hydrogen) atoms. The maximum absolute atomic E-state index is 12.2. The number of hydrogen-bond donors (Lipinski definition) is 5. The monoisotopic (exact) mass is 1920 g/mol. The summed E-state index contributed by atoms with van der Waals surface area (Å²) in [4.78, 5) is 82.3. The zero-order chi connectivity index (χ0) is 95.0. The van der Waals surface area contributed by atoms with Crippen molar-refractivity contribution >= 4 is 113 Å². The number of carbonyl (C=O) groups excluding carboxylic acids is 2. The fraction of sp³-hybridized carbons (Fsp3) is 0.429. The molecular formula is C77H98N28O20P2S4. The van der Waals surface area contributed by atoms with E-state index in [0.29, 0.717) is 35.6 Å². The van der Waals surface area contributed by atoms with Crippen LogP contribution in [0.25, 0.3) is 89.2 Å². The minimum atomic E-state index is -3.33. The smallest absolute Gasteiger partial charge is 0.521 e. The lowest BCUT2D eigenvalue weighted by molar-refractivity contribution is -0.245. The average molecular weight is 1930 g/mol. The minimum Gasteiger partial charge on any atom is -0.565 e. The van der Waals surface area contributed by atoms with Crippen molar-refractivity contribution in [1.82, 2.24) is 116 Å². The van der Waals surface area contributed by atoms with Gasteiger partial charge in [0, 0.05) is 164 Å². The quantitative estimate of drug-likeness (QED) is 0.0135. The summed E-state index contributed by atoms with van der Waals surface area (Å²) >= 11 is 0. The molecule has 0 radical (unpaired) electrons. The topological polar surface area (TPSA) is 663 Å². The molecule has 0 aliphatic carbocycles. The second kappa shape index (κ2) is 43.1. The van der Waals surface area contributed by atoms with E-state index < -0.39 is 84.0 Å². The summed E-state index contributed by atoms with van der Waals surface area (Å²) in [6.07, 6.45) is 28.9. The first kappa shape index (κ1) is 102. The van der Waals surface area contributed by atoms with E-state index in [1.165, 1.54) is 48.6 Å². The first-order valence-electron chi connectivity index (χ1n) is 39.3. The van der Waals surface area contributed by atoms with Gasteiger partial charge in [-0.2, -0.15) is 58.7 Å². The predicted octanol–water partition coefficient (Wildman–Crippen LogP) is 6.89. The summed E-state index contributed by atoms with van der Waals surface area (Å²) in [5, 5.41) is 73.6. The van der Waals surface area contributed by atoms with Gasteiger partial charge in [0.25, 0.3) is 0 Å². The van der Waals surface area contributed by atoms with Crippen molar-refractivity contribution < 1.29 is 94.4 Å². The standard InChI is InChI=1S/C22H27N7O4S.2C16H17N7O2S.C15H17N5O2.C7H10N2O2S.CH4.2HO4P.2H2/c1-5-34(31,32)28-12-22(13-28,7-8-23)29-11-16(10-26-29)18-17-6-9-27(19(17)25-14-24-18)15-33-20(30)21(2,3)4;2*1-2-26(24,25)22-9-16(10-22,4-5-17)23-8-12(7-21-23)14-13-3-6-18-15(13)20-11-19-14;1-15(2,3)14(21)22-9-20-5-4-11-12(10-6-18-19-7-10)16-8-17-13(11)20;1-2-12(10,11)9-5-7(6-9)3-4-8;;2*1-4-5(2)3;;/h6,9-11,14H,5,7,12-13,15H2,1-4H3;2*3,6-8,11H,2,4,9-10H2,1H3,(H,18,19,20);4-8H,9H2,1-3H3,(H,18,19);3H,2,5-6H2,1H3;1H4;2*1H;2*1H. The van der Waals surface area contributed by atoms with Crippen LogP contribution in [0.1, 0.15) is 98.8 Å². The van der Waals surface area contributed by atoms with E-state index in [1.54, 1.807) is 127 Å². The van der Waals surface area contributed by atoms with E-state index in [9.17, 15) is 59.0 Å². The maximum Gasteiger partial charge on any atom is 0.521 e. The van der Waals surface area contributed by atoms with Crippen LogP contribution < -0.4 is 9.79 Å². The lowest BCUT2D eigenvalue weighted by atomic mass is 9.89. The number of rotatable bonds is 24. The molecule has 2 unspecified atom stereocenters. The Labute approximate surface area is 756 Å². The zero-order valence-corrected chi connectivity index (χ0v) is 76.7. The van der Waals surface area contributed by atoms with Crippen LogP contribution in [0.2, 0.25) is 0 Å². The molecule has 0 spiro atoms. The molecule has 16 rings (SSSR count). The van der Waals surface area contributed by atoms with Crippen molar-refractivity contribution in [1.29, 1.82) is 21.0 Å². The molecule has 0 aromatic carbocycles. The van der Waals surface area contributed by atoms with Crippen molar-refractivity contribution in [3.8, 4) is 69.3 Å². The number of H-pyrrole nitrogens is 3. The fourth-order valence-corrected chi connectivity index (χ4v) is 18.3. The molecule has 2 atom stereocenters. The molecule has 4 fully saturated rings. The highest BCUT2D eigenvalue weighted by atomic mass is 32.2. The van der Waals surface area contributed by atoms with Gasteiger partial charge in [-0.1, -0.05) is 7.43 Å². The molecule has 4 aliphatic heterocycles. The molecule has 4 aliphatic rings. The summed E-state index contributed by atoms with van der Waals surface area (Å²) in [7, 11) is -19.0. The van der Waals surface area contributed by atoms with Gasteiger partial charge in [0.15, 0.2) is 13.5 Å². The third-order valence-electron chi connectivity index (χ3n) is 20.8. The maximum atomic E-state index is 12.2. The highest BCUT2D eigenvalue weighted by molar-refractivity contribution is 7.89. The van der Waals surface area contributed by atoms with E-state index >= 15 is 0 Å². The SMILES string of the molecule is C.CC(C)(C)C(=O)OCn1ccc2c(-c3cn[nH]c3)ncnc21.CCS(=O)(=O)N1CC(=CC#N)C1.CCS(=O)(=O)N1CC(CC#N)(n2cc(-c3ncnc4[nH]ccc34)cn2)C1.CCS(=O)(=O)N1CC(CC#N)(n2cc(-c3ncnc4[nH]ccc34)cn2)C1.CCS(=O)(=O)N1CC(CC#N)(n2cc(-c3ncnc4c3ccn4COC(=O)C(C)(C)C)cn2)C1.O=[P+]([O-])OO.O=[P+]([O-])OO.[HH].[HH]. The molecular weight excluding hydrogens is 1830 g/mol. The van der Waals surface area contributed by atoms with E-state index in [1.807, 2.05) is 69.7 Å². The summed E-state index contributed by atoms with van der Waals surface area (Å²) in [5.41, 5.74) is 6.66. The molecule has 5 N–H and O–H groups in total. The van der Waals surface area contributed by atoms with Crippen LogP contribution >= 0.6 is 16.5 Å². The number of fused-ring (bicyclic) bond motifs is 4. The summed E-state index contributed by atoms with van der Waals surface area (Å²) in [5.74, 6) is -0.321. The molecule has 0 bridgehead atoms. The molecule has 4 saturated heterocycles. The first-order valence-corrected chi connectivity index (χ1v) is 47.9. The Morgan fingerprint density at radius 3 is 1.12 bits per heavy atom. The largest absolute Gasteiger partial charge is 0.565 e. The second-order valence-electron chi connectivity index (χ2n) is 31.4. The Balaban J connectivity index is 0.000000225.